The number of sulfonamides is 1. The summed E-state index contributed by atoms with van der Waals surface area (Å²) in [6.07, 6.45) is 3.82. The lowest BCUT2D eigenvalue weighted by atomic mass is 9.97. The number of aliphatic imine (C=N–C) groups is 1. The average molecular weight is 447 g/mol. The van der Waals surface area contributed by atoms with E-state index >= 15 is 0 Å². The molecule has 3 rings (SSSR count). The van der Waals surface area contributed by atoms with Gasteiger partial charge in [-0.25, -0.2) is 8.42 Å². The second kappa shape index (κ2) is 9.13. The van der Waals surface area contributed by atoms with Crippen molar-refractivity contribution in [2.24, 2.45) is 10.4 Å². The molecule has 6 nitrogen and oxygen atoms in total. The summed E-state index contributed by atoms with van der Waals surface area (Å²) in [4.78, 5) is 4.73. The number of rotatable bonds is 7. The molecule has 1 heterocycles. The van der Waals surface area contributed by atoms with Crippen molar-refractivity contribution in [1.29, 1.82) is 0 Å². The minimum absolute atomic E-state index is 0.119. The molecule has 0 amide bonds. The van der Waals surface area contributed by atoms with Crippen molar-refractivity contribution in [2.45, 2.75) is 50.6 Å². The first kappa shape index (κ1) is 22.9. The predicted molar refractivity (Wildman–Crippen MR) is 110 cm³/mol. The molecule has 1 aromatic carbocycles. The van der Waals surface area contributed by atoms with Crippen molar-refractivity contribution in [1.82, 2.24) is 14.9 Å². The summed E-state index contributed by atoms with van der Waals surface area (Å²) in [6, 6.07) is 10.2. The molecule has 1 aliphatic heterocycles. The van der Waals surface area contributed by atoms with E-state index in [0.29, 0.717) is 36.2 Å². The Kier molecular flexibility index (Phi) is 6.96. The number of halogens is 3. The van der Waals surface area contributed by atoms with Crippen LogP contribution >= 0.6 is 0 Å². The monoisotopic (exact) mass is 446 g/mol. The van der Waals surface area contributed by atoms with E-state index in [1.165, 1.54) is 5.56 Å². The predicted octanol–water partition coefficient (Wildman–Crippen LogP) is 2.88. The first-order chi connectivity index (χ1) is 14.2. The summed E-state index contributed by atoms with van der Waals surface area (Å²) in [5.74, 6) is 0.633. The highest BCUT2D eigenvalue weighted by Gasteiger charge is 2.50. The lowest BCUT2D eigenvalue weighted by molar-refractivity contribution is -0.0494. The zero-order valence-corrected chi connectivity index (χ0v) is 17.9. The van der Waals surface area contributed by atoms with Gasteiger partial charge in [-0.05, 0) is 50.0 Å². The lowest BCUT2D eigenvalue weighted by Crippen LogP contribution is -2.51. The van der Waals surface area contributed by atoms with Gasteiger partial charge in [-0.2, -0.15) is 17.5 Å². The molecule has 2 fully saturated rings. The fourth-order valence-corrected chi connectivity index (χ4v) is 4.73. The van der Waals surface area contributed by atoms with Gasteiger partial charge in [-0.15, -0.1) is 0 Å². The molecule has 2 N–H and O–H groups in total. The van der Waals surface area contributed by atoms with Crippen LogP contribution in [0.15, 0.2) is 35.3 Å². The number of hydrogen-bond donors (Lipinski definition) is 2. The van der Waals surface area contributed by atoms with Gasteiger partial charge in [-0.1, -0.05) is 30.3 Å². The summed E-state index contributed by atoms with van der Waals surface area (Å²) >= 11 is 0. The van der Waals surface area contributed by atoms with Gasteiger partial charge in [0.15, 0.2) is 5.96 Å². The maximum Gasteiger partial charge on any atom is 0.511 e. The highest BCUT2D eigenvalue weighted by molar-refractivity contribution is 7.90. The maximum absolute atomic E-state index is 12.7. The van der Waals surface area contributed by atoms with Gasteiger partial charge >= 0.3 is 15.5 Å². The molecule has 0 radical (unpaired) electrons. The Labute approximate surface area is 176 Å². The minimum Gasteiger partial charge on any atom is -0.357 e. The van der Waals surface area contributed by atoms with Gasteiger partial charge in [0.25, 0.3) is 0 Å². The second-order valence-electron chi connectivity index (χ2n) is 8.13. The van der Waals surface area contributed by atoms with Crippen LogP contribution in [0.4, 0.5) is 13.2 Å². The normalized spacial score (nSPS) is 20.7. The molecule has 1 aromatic rings. The highest BCUT2D eigenvalue weighted by atomic mass is 32.2. The largest absolute Gasteiger partial charge is 0.511 e. The van der Waals surface area contributed by atoms with Crippen LogP contribution in [0.3, 0.4) is 0 Å². The molecule has 30 heavy (non-hydrogen) atoms. The van der Waals surface area contributed by atoms with Crippen LogP contribution in [0.25, 0.3) is 0 Å². The number of guanidine groups is 1. The zero-order chi connectivity index (χ0) is 21.8. The Hall–Kier alpha value is -1.81. The van der Waals surface area contributed by atoms with E-state index in [0.717, 1.165) is 19.3 Å². The molecular weight excluding hydrogens is 417 g/mol. The average Bonchev–Trinajstić information content (AvgIpc) is 3.46. The number of nitrogens with one attached hydrogen (secondary N) is 2. The standard InChI is InChI=1S/C20H29F3N4O2S/c1-2-24-18(25-15-19(10-11-19)14-16-6-4-3-5-7-16)26-17-8-12-27(13-9-17)30(28,29)20(21,22)23/h3-7,17H,2,8-15H2,1H3,(H2,24,25,26). The third-order valence-corrected chi connectivity index (χ3v) is 7.35. The van der Waals surface area contributed by atoms with Crippen molar-refractivity contribution < 1.29 is 21.6 Å². The van der Waals surface area contributed by atoms with Crippen LogP contribution in [0.2, 0.25) is 0 Å². The summed E-state index contributed by atoms with van der Waals surface area (Å²) in [5.41, 5.74) is -3.78. The van der Waals surface area contributed by atoms with E-state index in [1.54, 1.807) is 0 Å². The molecule has 0 atom stereocenters. The molecule has 0 unspecified atom stereocenters. The van der Waals surface area contributed by atoms with Gasteiger partial charge in [0.05, 0.1) is 0 Å². The fraction of sp³-hybridized carbons (Fsp3) is 0.650. The van der Waals surface area contributed by atoms with Crippen LogP contribution in [-0.4, -0.2) is 56.4 Å². The fourth-order valence-electron chi connectivity index (χ4n) is 3.74. The van der Waals surface area contributed by atoms with E-state index in [9.17, 15) is 21.6 Å². The lowest BCUT2D eigenvalue weighted by Gasteiger charge is -2.32. The number of hydrogen-bond acceptors (Lipinski definition) is 3. The zero-order valence-electron chi connectivity index (χ0n) is 17.1. The van der Waals surface area contributed by atoms with Crippen LogP contribution in [-0.2, 0) is 16.4 Å². The van der Waals surface area contributed by atoms with Crippen LogP contribution in [0.1, 0.15) is 38.2 Å². The SMILES string of the molecule is CCNC(=NCC1(Cc2ccccc2)CC1)NC1CCN(S(=O)(=O)C(F)(F)F)CC1. The first-order valence-corrected chi connectivity index (χ1v) is 11.7. The Morgan fingerprint density at radius 1 is 1.20 bits per heavy atom. The van der Waals surface area contributed by atoms with Crippen LogP contribution < -0.4 is 10.6 Å². The van der Waals surface area contributed by atoms with Gasteiger partial charge in [-0.3, -0.25) is 4.99 Å². The summed E-state index contributed by atoms with van der Waals surface area (Å²) in [5, 5.41) is 6.45. The quantitative estimate of drug-likeness (QED) is 0.499. The molecule has 0 spiro atoms. The van der Waals surface area contributed by atoms with Crippen molar-refractivity contribution in [3.63, 3.8) is 0 Å². The Bertz CT molecular complexity index is 831. The molecule has 1 aliphatic carbocycles. The molecule has 10 heteroatoms. The van der Waals surface area contributed by atoms with Crippen molar-refractivity contribution in [3.05, 3.63) is 35.9 Å². The first-order valence-electron chi connectivity index (χ1n) is 10.3. The number of benzene rings is 1. The Balaban J connectivity index is 1.55. The summed E-state index contributed by atoms with van der Waals surface area (Å²) in [7, 11) is -5.25. The van der Waals surface area contributed by atoms with Crippen molar-refractivity contribution in [2.75, 3.05) is 26.2 Å². The molecule has 2 aliphatic rings. The third-order valence-electron chi connectivity index (χ3n) is 5.72. The van der Waals surface area contributed by atoms with Crippen LogP contribution in [0.5, 0.6) is 0 Å². The highest BCUT2D eigenvalue weighted by Crippen LogP contribution is 2.48. The van der Waals surface area contributed by atoms with E-state index < -0.39 is 15.5 Å². The maximum atomic E-state index is 12.7. The number of nitrogens with zero attached hydrogens (tertiary/aromatic N) is 2. The molecule has 0 bridgehead atoms. The summed E-state index contributed by atoms with van der Waals surface area (Å²) < 4.78 is 61.8. The number of alkyl halides is 3. The molecule has 168 valence electrons. The van der Waals surface area contributed by atoms with Crippen LogP contribution in [0, 0.1) is 5.41 Å². The van der Waals surface area contributed by atoms with Crippen molar-refractivity contribution in [3.8, 4) is 0 Å². The van der Waals surface area contributed by atoms with Gasteiger partial charge in [0.2, 0.25) is 0 Å². The van der Waals surface area contributed by atoms with Gasteiger partial charge in [0, 0.05) is 32.2 Å². The Morgan fingerprint density at radius 3 is 2.37 bits per heavy atom. The van der Waals surface area contributed by atoms with E-state index in [4.69, 9.17) is 4.99 Å². The summed E-state index contributed by atoms with van der Waals surface area (Å²) in [6.45, 7) is 2.98. The van der Waals surface area contributed by atoms with E-state index in [1.807, 2.05) is 25.1 Å². The molecule has 0 aromatic heterocycles. The van der Waals surface area contributed by atoms with E-state index in [-0.39, 0.29) is 24.5 Å². The van der Waals surface area contributed by atoms with Gasteiger partial charge < -0.3 is 10.6 Å². The minimum atomic E-state index is -5.25. The van der Waals surface area contributed by atoms with Gasteiger partial charge in [0.1, 0.15) is 0 Å². The second-order valence-corrected chi connectivity index (χ2v) is 10.1. The molecule has 1 saturated carbocycles. The number of piperidine rings is 1. The Morgan fingerprint density at radius 2 is 1.83 bits per heavy atom. The third kappa shape index (κ3) is 5.66. The molecule has 1 saturated heterocycles. The smallest absolute Gasteiger partial charge is 0.357 e. The van der Waals surface area contributed by atoms with E-state index in [2.05, 4.69) is 22.8 Å². The topological polar surface area (TPSA) is 73.8 Å². The van der Waals surface area contributed by atoms with Crippen molar-refractivity contribution >= 4 is 16.0 Å². The molecular formula is C20H29F3N4O2S.